The topological polar surface area (TPSA) is 46.5 Å². The van der Waals surface area contributed by atoms with Crippen LogP contribution >= 0.6 is 25.3 Å². The fourth-order valence-electron chi connectivity index (χ4n) is 0.582. The normalized spacial score (nSPS) is 7.64. The maximum atomic E-state index is 9.17. The van der Waals surface area contributed by atoms with Crippen LogP contribution in [0.3, 0.4) is 0 Å². The average molecular weight is 242 g/mol. The van der Waals surface area contributed by atoms with Crippen molar-refractivity contribution in [1.82, 2.24) is 0 Å². The van der Waals surface area contributed by atoms with Crippen LogP contribution in [0.4, 0.5) is 4.79 Å². The van der Waals surface area contributed by atoms with Gasteiger partial charge in [0, 0.05) is 0 Å². The number of phenols is 1. The molecule has 0 aromatic heterocycles. The van der Waals surface area contributed by atoms with Gasteiger partial charge in [-0.05, 0) is 24.3 Å². The van der Waals surface area contributed by atoms with Gasteiger partial charge in [0.25, 0.3) is 0 Å². The Bertz CT molecular complexity index is 265. The Balaban J connectivity index is -0.000000213. The van der Waals surface area contributed by atoms with Crippen molar-refractivity contribution in [2.75, 3.05) is 7.11 Å². The van der Waals surface area contributed by atoms with E-state index in [1.54, 1.807) is 31.4 Å². The predicted octanol–water partition coefficient (Wildman–Crippen LogP) is -0.517. The van der Waals surface area contributed by atoms with E-state index >= 15 is 0 Å². The van der Waals surface area contributed by atoms with Crippen LogP contribution < -0.4 is 34.3 Å². The molecular weight excluding hydrogens is 231 g/mol. The van der Waals surface area contributed by atoms with Gasteiger partial charge in [-0.25, -0.2) is 0 Å². The van der Waals surface area contributed by atoms with Gasteiger partial charge in [0.15, 0.2) is 0 Å². The van der Waals surface area contributed by atoms with Gasteiger partial charge in [-0.15, -0.1) is 0 Å². The molecule has 1 rings (SSSR count). The summed E-state index contributed by atoms with van der Waals surface area (Å²) in [5, 5.41) is 8.80. The molecule has 1 N–H and O–H groups in total. The summed E-state index contributed by atoms with van der Waals surface area (Å²) >= 11 is 6.38. The second-order valence-electron chi connectivity index (χ2n) is 1.98. The molecule has 0 spiro atoms. The number of aromatic hydroxyl groups is 1. The molecule has 74 valence electrons. The van der Waals surface area contributed by atoms with E-state index in [-0.39, 0.29) is 36.7 Å². The molecule has 0 radical (unpaired) electrons. The minimum Gasteiger partial charge on any atom is -1.00 e. The third-order valence-corrected chi connectivity index (χ3v) is 1.07. The summed E-state index contributed by atoms with van der Waals surface area (Å²) in [7, 11) is 1.59. The molecule has 0 amide bonds. The number of ether oxygens (including phenoxy) is 1. The molecule has 0 saturated heterocycles. The molecule has 0 aliphatic rings. The van der Waals surface area contributed by atoms with Gasteiger partial charge in [-0.2, -0.15) is 0 Å². The molecule has 1 aromatic rings. The SMILES string of the molecule is COc1ccc(O)cc1.O=C(S)S.[H-].[Na+]. The summed E-state index contributed by atoms with van der Waals surface area (Å²) in [4.78, 5) is 9.17. The number of carbonyl (C=O) groups excluding carboxylic acids is 1. The Morgan fingerprint density at radius 1 is 1.36 bits per heavy atom. The molecule has 0 bridgehead atoms. The summed E-state index contributed by atoms with van der Waals surface area (Å²) in [5.74, 6) is 1.02. The van der Waals surface area contributed by atoms with E-state index in [0.29, 0.717) is 0 Å². The van der Waals surface area contributed by atoms with Gasteiger partial charge < -0.3 is 11.3 Å². The molecule has 0 aliphatic heterocycles. The van der Waals surface area contributed by atoms with Gasteiger partial charge in [0.05, 0.1) is 7.11 Å². The summed E-state index contributed by atoms with van der Waals surface area (Å²) in [6, 6.07) is 6.57. The molecule has 1 aromatic carbocycles. The van der Waals surface area contributed by atoms with Crippen LogP contribution in [0.5, 0.6) is 11.5 Å². The van der Waals surface area contributed by atoms with Crippen molar-refractivity contribution in [3.8, 4) is 11.5 Å². The van der Waals surface area contributed by atoms with Crippen LogP contribution in [0.15, 0.2) is 24.3 Å². The van der Waals surface area contributed by atoms with Crippen LogP contribution in [0, 0.1) is 0 Å². The van der Waals surface area contributed by atoms with Crippen molar-refractivity contribution in [2.45, 2.75) is 0 Å². The zero-order valence-corrected chi connectivity index (χ0v) is 11.8. The molecule has 0 fully saturated rings. The quantitative estimate of drug-likeness (QED) is 0.459. The first-order valence-electron chi connectivity index (χ1n) is 3.31. The van der Waals surface area contributed by atoms with E-state index in [2.05, 4.69) is 25.3 Å². The third-order valence-electron chi connectivity index (χ3n) is 1.07. The van der Waals surface area contributed by atoms with E-state index in [1.165, 1.54) is 0 Å². The number of thiol groups is 2. The number of hydrogen-bond donors (Lipinski definition) is 3. The molecule has 14 heavy (non-hydrogen) atoms. The second-order valence-corrected chi connectivity index (χ2v) is 3.15. The molecule has 0 aliphatic carbocycles. The number of methoxy groups -OCH3 is 1. The van der Waals surface area contributed by atoms with E-state index in [0.717, 1.165) is 5.75 Å². The maximum Gasteiger partial charge on any atom is 1.00 e. The van der Waals surface area contributed by atoms with E-state index in [1.807, 2.05) is 0 Å². The molecule has 0 heterocycles. The predicted molar refractivity (Wildman–Crippen MR) is 59.1 cm³/mol. The van der Waals surface area contributed by atoms with Crippen LogP contribution in [-0.4, -0.2) is 16.7 Å². The first kappa shape index (κ1) is 16.6. The first-order chi connectivity index (χ1) is 6.06. The van der Waals surface area contributed by atoms with Crippen molar-refractivity contribution in [1.29, 1.82) is 0 Å². The van der Waals surface area contributed by atoms with Crippen molar-refractivity contribution in [3.05, 3.63) is 24.3 Å². The largest absolute Gasteiger partial charge is 1.00 e. The second kappa shape index (κ2) is 9.73. The van der Waals surface area contributed by atoms with Gasteiger partial charge in [0.2, 0.25) is 4.45 Å². The van der Waals surface area contributed by atoms with Gasteiger partial charge in [-0.1, -0.05) is 25.3 Å². The monoisotopic (exact) mass is 242 g/mol. The Labute approximate surface area is 117 Å². The molecule has 0 saturated carbocycles. The minimum atomic E-state index is -0.444. The smallest absolute Gasteiger partial charge is 1.00 e. The summed E-state index contributed by atoms with van der Waals surface area (Å²) in [6.07, 6.45) is 0. The Kier molecular flexibility index (Phi) is 11.6. The summed E-state index contributed by atoms with van der Waals surface area (Å²) in [6.45, 7) is 0. The molecule has 3 nitrogen and oxygen atoms in total. The molecule has 0 atom stereocenters. The van der Waals surface area contributed by atoms with Gasteiger partial charge >= 0.3 is 29.6 Å². The number of benzene rings is 1. The van der Waals surface area contributed by atoms with E-state index < -0.39 is 4.45 Å². The van der Waals surface area contributed by atoms with E-state index in [9.17, 15) is 4.79 Å². The zero-order valence-electron chi connectivity index (χ0n) is 8.97. The standard InChI is InChI=1S/C7H8O2.CH2OS2.Na.H/c1-9-7-4-2-6(8)3-5-7;2-1(3)4;;/h2-5,8H,1H3;(H2,2,3,4);;/q;;+1;-1. The maximum absolute atomic E-state index is 9.17. The zero-order chi connectivity index (χ0) is 10.3. The number of phenolic OH excluding ortho intramolecular Hbond substituents is 1. The number of carbonyl (C=O) groups is 1. The van der Waals surface area contributed by atoms with Gasteiger partial charge in [-0.3, -0.25) is 4.79 Å². The molecule has 6 heteroatoms. The fourth-order valence-corrected chi connectivity index (χ4v) is 0.582. The fraction of sp³-hybridized carbons (Fsp3) is 0.125. The summed E-state index contributed by atoms with van der Waals surface area (Å²) < 4.78 is 4.41. The van der Waals surface area contributed by atoms with E-state index in [4.69, 9.17) is 9.84 Å². The Hall–Kier alpha value is 0.190. The average Bonchev–Trinajstić information content (AvgIpc) is 2.05. The van der Waals surface area contributed by atoms with Gasteiger partial charge in [0.1, 0.15) is 11.5 Å². The Morgan fingerprint density at radius 2 is 1.71 bits per heavy atom. The summed E-state index contributed by atoms with van der Waals surface area (Å²) in [5.41, 5.74) is 0. The third kappa shape index (κ3) is 10.3. The van der Waals surface area contributed by atoms with Crippen LogP contribution in [-0.2, 0) is 0 Å². The number of rotatable bonds is 1. The van der Waals surface area contributed by atoms with Crippen molar-refractivity contribution >= 4 is 29.7 Å². The molecular formula is C8H11NaO3S2. The first-order valence-corrected chi connectivity index (χ1v) is 4.20. The van der Waals surface area contributed by atoms with Crippen LogP contribution in [0.1, 0.15) is 1.43 Å². The van der Waals surface area contributed by atoms with Crippen LogP contribution in [0.2, 0.25) is 0 Å². The number of hydrogen-bond acceptors (Lipinski definition) is 3. The van der Waals surface area contributed by atoms with Crippen molar-refractivity contribution in [2.24, 2.45) is 0 Å². The Morgan fingerprint density at radius 3 is 2.00 bits per heavy atom. The van der Waals surface area contributed by atoms with Crippen LogP contribution in [0.25, 0.3) is 0 Å². The molecule has 0 unspecified atom stereocenters. The van der Waals surface area contributed by atoms with Crippen molar-refractivity contribution in [3.63, 3.8) is 0 Å². The minimum absolute atomic E-state index is 0. The van der Waals surface area contributed by atoms with Crippen molar-refractivity contribution < 1.29 is 45.6 Å².